The number of amides is 1. The lowest BCUT2D eigenvalue weighted by Gasteiger charge is -2.24. The van der Waals surface area contributed by atoms with Crippen LogP contribution in [0.5, 0.6) is 0 Å². The zero-order chi connectivity index (χ0) is 21.1. The molecule has 0 spiro atoms. The lowest BCUT2D eigenvalue weighted by atomic mass is 9.75. The summed E-state index contributed by atoms with van der Waals surface area (Å²) in [6.07, 6.45) is -0.420. The summed E-state index contributed by atoms with van der Waals surface area (Å²) in [7, 11) is -1.03. The third kappa shape index (κ3) is 4.52. The minimum absolute atomic E-state index is 0.155. The van der Waals surface area contributed by atoms with Gasteiger partial charge >= 0.3 is 13.1 Å². The molecule has 2 aromatic rings. The van der Waals surface area contributed by atoms with Crippen molar-refractivity contribution in [2.75, 3.05) is 0 Å². The van der Waals surface area contributed by atoms with Gasteiger partial charge in [0.15, 0.2) is 0 Å². The van der Waals surface area contributed by atoms with Crippen molar-refractivity contribution >= 4 is 24.5 Å². The van der Waals surface area contributed by atoms with Crippen molar-refractivity contribution in [1.29, 1.82) is 0 Å². The summed E-state index contributed by atoms with van der Waals surface area (Å²) < 4.78 is 10.8. The van der Waals surface area contributed by atoms with Gasteiger partial charge in [-0.1, -0.05) is 50.2 Å². The van der Waals surface area contributed by atoms with Crippen molar-refractivity contribution in [3.05, 3.63) is 64.7 Å². The van der Waals surface area contributed by atoms with E-state index in [9.17, 15) is 14.6 Å². The average Bonchev–Trinajstić information content (AvgIpc) is 3.08. The highest BCUT2D eigenvalue weighted by Crippen LogP contribution is 2.20. The smallest absolute Gasteiger partial charge is 0.456 e. The second-order valence-corrected chi connectivity index (χ2v) is 7.66. The van der Waals surface area contributed by atoms with Crippen LogP contribution in [-0.4, -0.2) is 30.1 Å². The Morgan fingerprint density at radius 3 is 2.48 bits per heavy atom. The summed E-state index contributed by atoms with van der Waals surface area (Å²) in [4.78, 5) is 25.7. The van der Waals surface area contributed by atoms with E-state index in [1.807, 2.05) is 44.2 Å². The van der Waals surface area contributed by atoms with Crippen molar-refractivity contribution in [3.63, 3.8) is 0 Å². The standard InChI is InChI=1S/C22H26BNO5/c1-13(2)20(22(26)29-15(4)16-8-6-5-7-9-16)24-21(25)18-11-10-17-12-28-23(27)19(17)14(18)3/h5-11,13,15,20,27H,12H2,1-4H3,(H,24,25)/t15-,20-/m0/s1. The molecule has 1 aliphatic rings. The largest absolute Gasteiger partial charge is 0.492 e. The van der Waals surface area contributed by atoms with E-state index < -0.39 is 25.2 Å². The van der Waals surface area contributed by atoms with Crippen LogP contribution in [0, 0.1) is 12.8 Å². The van der Waals surface area contributed by atoms with Gasteiger partial charge in [0.25, 0.3) is 5.91 Å². The van der Waals surface area contributed by atoms with Crippen molar-refractivity contribution in [3.8, 4) is 0 Å². The van der Waals surface area contributed by atoms with Gasteiger partial charge in [0, 0.05) is 5.56 Å². The molecule has 2 atom stereocenters. The Kier molecular flexibility index (Phi) is 6.40. The second-order valence-electron chi connectivity index (χ2n) is 7.66. The van der Waals surface area contributed by atoms with Crippen LogP contribution in [-0.2, 0) is 20.8 Å². The number of hydrogen-bond donors (Lipinski definition) is 2. The molecule has 0 aliphatic carbocycles. The quantitative estimate of drug-likeness (QED) is 0.579. The van der Waals surface area contributed by atoms with Gasteiger partial charge in [-0.3, -0.25) is 4.79 Å². The van der Waals surface area contributed by atoms with Crippen molar-refractivity contribution in [1.82, 2.24) is 5.32 Å². The van der Waals surface area contributed by atoms with Crippen LogP contribution >= 0.6 is 0 Å². The zero-order valence-electron chi connectivity index (χ0n) is 17.1. The first-order valence-electron chi connectivity index (χ1n) is 9.78. The van der Waals surface area contributed by atoms with Crippen LogP contribution < -0.4 is 10.8 Å². The maximum Gasteiger partial charge on any atom is 0.492 e. The summed E-state index contributed by atoms with van der Waals surface area (Å²) in [5, 5.41) is 12.8. The maximum absolute atomic E-state index is 12.9. The van der Waals surface area contributed by atoms with Crippen LogP contribution in [0.4, 0.5) is 0 Å². The highest BCUT2D eigenvalue weighted by molar-refractivity contribution is 6.62. The van der Waals surface area contributed by atoms with Gasteiger partial charge in [-0.05, 0) is 48.0 Å². The Hall–Kier alpha value is -2.64. The number of hydrogen-bond acceptors (Lipinski definition) is 5. The van der Waals surface area contributed by atoms with E-state index in [-0.39, 0.29) is 11.8 Å². The normalized spacial score (nSPS) is 15.0. The summed E-state index contributed by atoms with van der Waals surface area (Å²) in [6.45, 7) is 7.60. The lowest BCUT2D eigenvalue weighted by molar-refractivity contribution is -0.152. The summed E-state index contributed by atoms with van der Waals surface area (Å²) >= 11 is 0. The number of carbonyl (C=O) groups is 2. The number of fused-ring (bicyclic) bond motifs is 1. The third-order valence-electron chi connectivity index (χ3n) is 5.26. The molecule has 29 heavy (non-hydrogen) atoms. The van der Waals surface area contributed by atoms with Crippen LogP contribution in [0.3, 0.4) is 0 Å². The molecule has 1 amide bonds. The average molecular weight is 395 g/mol. The highest BCUT2D eigenvalue weighted by Gasteiger charge is 2.33. The molecule has 2 N–H and O–H groups in total. The number of carbonyl (C=O) groups excluding carboxylic acids is 2. The Balaban J connectivity index is 1.75. The SMILES string of the molecule is Cc1c(C(=O)N[C@H](C(=O)O[C@@H](C)c2ccccc2)C(C)C)ccc2c1B(O)OC2. The minimum atomic E-state index is -1.03. The molecular formula is C22H26BNO5. The predicted octanol–water partition coefficient (Wildman–Crippen LogP) is 2.27. The summed E-state index contributed by atoms with van der Waals surface area (Å²) in [6, 6.07) is 12.1. The van der Waals surface area contributed by atoms with Crippen LogP contribution in [0.2, 0.25) is 0 Å². The van der Waals surface area contributed by atoms with Gasteiger partial charge in [0.1, 0.15) is 12.1 Å². The lowest BCUT2D eigenvalue weighted by Crippen LogP contribution is -2.46. The van der Waals surface area contributed by atoms with E-state index in [1.54, 1.807) is 26.0 Å². The Labute approximate surface area is 171 Å². The molecule has 3 rings (SSSR count). The molecule has 0 unspecified atom stereocenters. The van der Waals surface area contributed by atoms with Gasteiger partial charge in [0.2, 0.25) is 0 Å². The molecule has 7 heteroatoms. The third-order valence-corrected chi connectivity index (χ3v) is 5.26. The first kappa shape index (κ1) is 21.1. The molecule has 0 fully saturated rings. The Morgan fingerprint density at radius 1 is 1.14 bits per heavy atom. The number of benzene rings is 2. The fourth-order valence-electron chi connectivity index (χ4n) is 3.51. The first-order chi connectivity index (χ1) is 13.8. The van der Waals surface area contributed by atoms with Gasteiger partial charge in [0.05, 0.1) is 6.61 Å². The van der Waals surface area contributed by atoms with Crippen molar-refractivity contribution < 1.29 is 24.0 Å². The van der Waals surface area contributed by atoms with E-state index in [1.165, 1.54) is 0 Å². The highest BCUT2D eigenvalue weighted by atomic mass is 16.5. The van der Waals surface area contributed by atoms with E-state index in [2.05, 4.69) is 5.32 Å². The number of ether oxygens (including phenoxy) is 1. The molecule has 0 saturated heterocycles. The van der Waals surface area contributed by atoms with Crippen molar-refractivity contribution in [2.45, 2.75) is 46.4 Å². The van der Waals surface area contributed by atoms with Gasteiger partial charge in [-0.25, -0.2) is 4.79 Å². The van der Waals surface area contributed by atoms with Crippen LogP contribution in [0.1, 0.15) is 53.9 Å². The van der Waals surface area contributed by atoms with Crippen LogP contribution in [0.15, 0.2) is 42.5 Å². The molecule has 0 saturated carbocycles. The molecular weight excluding hydrogens is 369 g/mol. The van der Waals surface area contributed by atoms with E-state index in [0.717, 1.165) is 11.1 Å². The van der Waals surface area contributed by atoms with E-state index in [0.29, 0.717) is 23.2 Å². The number of nitrogens with one attached hydrogen (secondary N) is 1. The van der Waals surface area contributed by atoms with E-state index in [4.69, 9.17) is 9.39 Å². The summed E-state index contributed by atoms with van der Waals surface area (Å²) in [5.41, 5.74) is 3.43. The topological polar surface area (TPSA) is 84.9 Å². The maximum atomic E-state index is 12.9. The monoisotopic (exact) mass is 395 g/mol. The molecule has 152 valence electrons. The Morgan fingerprint density at radius 2 is 1.83 bits per heavy atom. The molecule has 6 nitrogen and oxygen atoms in total. The van der Waals surface area contributed by atoms with Gasteiger partial charge in [-0.2, -0.15) is 0 Å². The molecule has 0 bridgehead atoms. The molecule has 1 heterocycles. The predicted molar refractivity (Wildman–Crippen MR) is 111 cm³/mol. The van der Waals surface area contributed by atoms with E-state index >= 15 is 0 Å². The fraction of sp³-hybridized carbons (Fsp3) is 0.364. The summed E-state index contributed by atoms with van der Waals surface area (Å²) in [5.74, 6) is -1.02. The molecule has 1 aliphatic heterocycles. The minimum Gasteiger partial charge on any atom is -0.456 e. The van der Waals surface area contributed by atoms with Crippen molar-refractivity contribution in [2.24, 2.45) is 5.92 Å². The Bertz CT molecular complexity index is 900. The molecule has 2 aromatic carbocycles. The van der Waals surface area contributed by atoms with Gasteiger partial charge in [-0.15, -0.1) is 0 Å². The first-order valence-corrected chi connectivity index (χ1v) is 9.78. The fourth-order valence-corrected chi connectivity index (χ4v) is 3.51. The second kappa shape index (κ2) is 8.80. The molecule has 0 aromatic heterocycles. The van der Waals surface area contributed by atoms with Crippen LogP contribution in [0.25, 0.3) is 0 Å². The van der Waals surface area contributed by atoms with Gasteiger partial charge < -0.3 is 19.7 Å². The number of esters is 1. The zero-order valence-corrected chi connectivity index (χ0v) is 17.1. The number of rotatable bonds is 6. The molecule has 0 radical (unpaired) electrons.